The Balaban J connectivity index is 2.38. The molecule has 2 nitrogen and oxygen atoms in total. The number of hydrogen-bond acceptors (Lipinski definition) is 2. The normalized spacial score (nSPS) is 11.5. The van der Waals surface area contributed by atoms with Crippen LogP contribution in [0.1, 0.15) is 5.56 Å². The van der Waals surface area contributed by atoms with Crippen molar-refractivity contribution in [1.82, 2.24) is 0 Å². The van der Waals surface area contributed by atoms with Gasteiger partial charge in [-0.1, -0.05) is 12.1 Å². The summed E-state index contributed by atoms with van der Waals surface area (Å²) in [7, 11) is 1.61. The highest BCUT2D eigenvalue weighted by atomic mass is 79.9. The summed E-state index contributed by atoms with van der Waals surface area (Å²) in [6.45, 7) is 0.311. The third-order valence-corrected chi connectivity index (χ3v) is 2.15. The zero-order valence-electron chi connectivity index (χ0n) is 8.17. The van der Waals surface area contributed by atoms with Gasteiger partial charge in [-0.15, -0.1) is 0 Å². The summed E-state index contributed by atoms with van der Waals surface area (Å²) in [5.74, 6) is 0.791. The topological polar surface area (TPSA) is 18.5 Å². The third kappa shape index (κ3) is 5.49. The van der Waals surface area contributed by atoms with Crippen LogP contribution in [0.3, 0.4) is 0 Å². The zero-order valence-corrected chi connectivity index (χ0v) is 11.3. The number of ether oxygens (including phenoxy) is 2. The summed E-state index contributed by atoms with van der Waals surface area (Å²) < 4.78 is 21.4. The van der Waals surface area contributed by atoms with Gasteiger partial charge in [0, 0.05) is 0 Å². The Labute approximate surface area is 105 Å². The maximum Gasteiger partial charge on any atom is 0.241 e. The monoisotopic (exact) mass is 340 g/mol. The molecule has 0 saturated carbocycles. The van der Waals surface area contributed by atoms with E-state index in [1.54, 1.807) is 7.11 Å². The number of hydrogen-bond donors (Lipinski definition) is 0. The second-order valence-electron chi connectivity index (χ2n) is 2.96. The molecule has 0 aliphatic heterocycles. The van der Waals surface area contributed by atoms with Gasteiger partial charge in [-0.05, 0) is 49.6 Å². The van der Waals surface area contributed by atoms with Crippen LogP contribution in [0.25, 0.3) is 0 Å². The predicted molar refractivity (Wildman–Crippen MR) is 64.3 cm³/mol. The van der Waals surface area contributed by atoms with Crippen LogP contribution < -0.4 is 4.74 Å². The highest BCUT2D eigenvalue weighted by molar-refractivity contribution is 9.25. The van der Waals surface area contributed by atoms with Crippen LogP contribution >= 0.6 is 31.9 Å². The van der Waals surface area contributed by atoms with Crippen LogP contribution in [-0.4, -0.2) is 17.2 Å². The molecular weight excluding hydrogens is 331 g/mol. The second-order valence-corrected chi connectivity index (χ2v) is 6.53. The molecule has 0 fully saturated rings. The van der Waals surface area contributed by atoms with E-state index >= 15 is 0 Å². The first-order chi connectivity index (χ1) is 7.01. The summed E-state index contributed by atoms with van der Waals surface area (Å²) >= 11 is 5.56. The van der Waals surface area contributed by atoms with Crippen molar-refractivity contribution in [3.05, 3.63) is 29.8 Å². The fourth-order valence-electron chi connectivity index (χ4n) is 1.01. The molecule has 0 heterocycles. The molecule has 1 aromatic carbocycles. The predicted octanol–water partition coefficient (Wildman–Crippen LogP) is 3.62. The van der Waals surface area contributed by atoms with Gasteiger partial charge in [-0.3, -0.25) is 0 Å². The van der Waals surface area contributed by atoms with Gasteiger partial charge >= 0.3 is 0 Å². The maximum atomic E-state index is 12.9. The molecule has 0 radical (unpaired) electrons. The molecule has 0 spiro atoms. The first-order valence-corrected chi connectivity index (χ1v) is 5.87. The van der Waals surface area contributed by atoms with E-state index in [1.807, 2.05) is 24.3 Å². The molecule has 0 aliphatic rings. The summed E-state index contributed by atoms with van der Waals surface area (Å²) in [5.41, 5.74) is 0.972. The van der Waals surface area contributed by atoms with E-state index in [0.29, 0.717) is 6.61 Å². The lowest BCUT2D eigenvalue weighted by Crippen LogP contribution is -2.12. The molecule has 0 bridgehead atoms. The van der Waals surface area contributed by atoms with E-state index < -0.39 is 3.49 Å². The number of methoxy groups -OCH3 is 1. The zero-order chi connectivity index (χ0) is 11.3. The molecule has 84 valence electrons. The van der Waals surface area contributed by atoms with Crippen LogP contribution in [-0.2, 0) is 11.3 Å². The van der Waals surface area contributed by atoms with E-state index in [-0.39, 0.29) is 6.61 Å². The van der Waals surface area contributed by atoms with Crippen molar-refractivity contribution in [2.45, 2.75) is 10.1 Å². The van der Waals surface area contributed by atoms with Crippen molar-refractivity contribution in [3.8, 4) is 5.75 Å². The van der Waals surface area contributed by atoms with Crippen molar-refractivity contribution in [1.29, 1.82) is 0 Å². The lowest BCUT2D eigenvalue weighted by atomic mass is 10.2. The number of alkyl halides is 3. The van der Waals surface area contributed by atoms with E-state index in [4.69, 9.17) is 9.47 Å². The quantitative estimate of drug-likeness (QED) is 0.761. The minimum absolute atomic E-state index is 0.0565. The van der Waals surface area contributed by atoms with Crippen molar-refractivity contribution in [2.75, 3.05) is 13.7 Å². The minimum atomic E-state index is -1.65. The van der Waals surface area contributed by atoms with Crippen LogP contribution in [0, 0.1) is 0 Å². The van der Waals surface area contributed by atoms with Gasteiger partial charge in [0.25, 0.3) is 0 Å². The maximum absolute atomic E-state index is 12.9. The Morgan fingerprint density at radius 3 is 2.33 bits per heavy atom. The van der Waals surface area contributed by atoms with Gasteiger partial charge in [0.1, 0.15) is 12.4 Å². The van der Waals surface area contributed by atoms with E-state index in [2.05, 4.69) is 31.9 Å². The van der Waals surface area contributed by atoms with Crippen molar-refractivity contribution >= 4 is 31.9 Å². The number of rotatable bonds is 5. The lowest BCUT2D eigenvalue weighted by molar-refractivity contribution is 0.0912. The fourth-order valence-corrected chi connectivity index (χ4v) is 1.33. The third-order valence-electron chi connectivity index (χ3n) is 1.69. The van der Waals surface area contributed by atoms with Crippen LogP contribution in [0.2, 0.25) is 0 Å². The van der Waals surface area contributed by atoms with Crippen LogP contribution in [0.4, 0.5) is 4.39 Å². The first kappa shape index (κ1) is 12.9. The van der Waals surface area contributed by atoms with Crippen molar-refractivity contribution < 1.29 is 13.9 Å². The summed E-state index contributed by atoms with van der Waals surface area (Å²) in [5, 5.41) is 0. The van der Waals surface area contributed by atoms with Gasteiger partial charge in [0.05, 0.1) is 13.7 Å². The molecule has 0 atom stereocenters. The molecule has 1 rings (SSSR count). The molecule has 0 saturated heterocycles. The molecule has 0 amide bonds. The molecule has 0 aromatic heterocycles. The SMILES string of the molecule is COc1ccc(COCC(F)(Br)Br)cc1. The Bertz CT molecular complexity index is 295. The summed E-state index contributed by atoms with van der Waals surface area (Å²) in [6.07, 6.45) is 0. The molecule has 0 unspecified atom stereocenters. The average molecular weight is 342 g/mol. The molecule has 0 aliphatic carbocycles. The summed E-state index contributed by atoms with van der Waals surface area (Å²) in [6, 6.07) is 7.43. The first-order valence-electron chi connectivity index (χ1n) is 4.29. The fraction of sp³-hybridized carbons (Fsp3) is 0.400. The molecular formula is C10H11Br2FO2. The van der Waals surface area contributed by atoms with Gasteiger partial charge < -0.3 is 9.47 Å². The molecule has 5 heteroatoms. The minimum Gasteiger partial charge on any atom is -0.497 e. The smallest absolute Gasteiger partial charge is 0.241 e. The Morgan fingerprint density at radius 1 is 1.27 bits per heavy atom. The Kier molecular flexibility index (Phi) is 5.02. The molecule has 1 aromatic rings. The number of benzene rings is 1. The highest BCUT2D eigenvalue weighted by Crippen LogP contribution is 2.28. The molecule has 0 N–H and O–H groups in total. The largest absolute Gasteiger partial charge is 0.497 e. The van der Waals surface area contributed by atoms with Gasteiger partial charge in [0.2, 0.25) is 3.49 Å². The average Bonchev–Trinajstić information content (AvgIpc) is 2.17. The Hall–Kier alpha value is -0.130. The summed E-state index contributed by atoms with van der Waals surface area (Å²) in [4.78, 5) is 0. The van der Waals surface area contributed by atoms with Gasteiger partial charge in [0.15, 0.2) is 0 Å². The number of halogens is 3. The lowest BCUT2D eigenvalue weighted by Gasteiger charge is -2.10. The van der Waals surface area contributed by atoms with Crippen LogP contribution in [0.5, 0.6) is 5.75 Å². The molecule has 15 heavy (non-hydrogen) atoms. The standard InChI is InChI=1S/C10H11Br2FO2/c1-14-9-4-2-8(3-5-9)6-15-7-10(11,12)13/h2-5H,6-7H2,1H3. The van der Waals surface area contributed by atoms with E-state index in [0.717, 1.165) is 11.3 Å². The van der Waals surface area contributed by atoms with E-state index in [1.165, 1.54) is 0 Å². The van der Waals surface area contributed by atoms with Gasteiger partial charge in [-0.25, -0.2) is 4.39 Å². The van der Waals surface area contributed by atoms with Crippen molar-refractivity contribution in [3.63, 3.8) is 0 Å². The van der Waals surface area contributed by atoms with Gasteiger partial charge in [-0.2, -0.15) is 0 Å². The highest BCUT2D eigenvalue weighted by Gasteiger charge is 2.20. The van der Waals surface area contributed by atoms with E-state index in [9.17, 15) is 4.39 Å². The van der Waals surface area contributed by atoms with Crippen LogP contribution in [0.15, 0.2) is 24.3 Å². The van der Waals surface area contributed by atoms with Crippen molar-refractivity contribution in [2.24, 2.45) is 0 Å². The Morgan fingerprint density at radius 2 is 1.87 bits per heavy atom. The second kappa shape index (κ2) is 5.82.